The number of carbonyl (C=O) groups is 1. The molecule has 3 rings (SSSR count). The van der Waals surface area contributed by atoms with E-state index in [4.69, 9.17) is 4.74 Å². The molecule has 0 bridgehead atoms. The average Bonchev–Trinajstić information content (AvgIpc) is 3.04. The lowest BCUT2D eigenvalue weighted by atomic mass is 10.0. The van der Waals surface area contributed by atoms with Crippen LogP contribution in [-0.4, -0.2) is 44.3 Å². The van der Waals surface area contributed by atoms with E-state index in [-0.39, 0.29) is 6.54 Å². The number of hydrazine groups is 1. The molecule has 1 aromatic carbocycles. The molecule has 2 heterocycles. The van der Waals surface area contributed by atoms with Crippen LogP contribution in [0, 0.1) is 5.92 Å². The second-order valence-electron chi connectivity index (χ2n) is 5.47. The molecule has 0 radical (unpaired) electrons. The predicted molar refractivity (Wildman–Crippen MR) is 79.9 cm³/mol. The number of methoxy groups -OCH3 is 1. The molecule has 2 aliphatic heterocycles. The third-order valence-electron chi connectivity index (χ3n) is 4.21. The van der Waals surface area contributed by atoms with Gasteiger partial charge in [-0.3, -0.25) is 10.2 Å². The Kier molecular flexibility index (Phi) is 4.18. The molecular weight excluding hydrogens is 306 g/mol. The molecule has 0 spiro atoms. The lowest BCUT2D eigenvalue weighted by Gasteiger charge is -2.31. The summed E-state index contributed by atoms with van der Waals surface area (Å²) in [4.78, 5) is 11.8. The van der Waals surface area contributed by atoms with Gasteiger partial charge < -0.3 is 4.74 Å². The van der Waals surface area contributed by atoms with E-state index in [1.54, 1.807) is 0 Å². The predicted octanol–water partition coefficient (Wildman–Crippen LogP) is -0.402. The van der Waals surface area contributed by atoms with E-state index >= 15 is 0 Å². The second kappa shape index (κ2) is 5.96. The molecule has 2 unspecified atom stereocenters. The molecule has 120 valence electrons. The number of esters is 1. The van der Waals surface area contributed by atoms with Gasteiger partial charge in [0.25, 0.3) is 0 Å². The molecule has 1 fully saturated rings. The number of carbonyl (C=O) groups excluding carboxylic acids is 1. The Morgan fingerprint density at radius 2 is 2.05 bits per heavy atom. The summed E-state index contributed by atoms with van der Waals surface area (Å²) < 4.78 is 31.8. The summed E-state index contributed by atoms with van der Waals surface area (Å²) >= 11 is 0. The van der Waals surface area contributed by atoms with Gasteiger partial charge in [0, 0.05) is 19.6 Å². The summed E-state index contributed by atoms with van der Waals surface area (Å²) in [6, 6.07) is 7.82. The number of nitrogens with one attached hydrogen (secondary N) is 2. The number of hydrogen-bond acceptors (Lipinski definition) is 6. The Bertz CT molecular complexity index is 676. The van der Waals surface area contributed by atoms with Gasteiger partial charge in [-0.2, -0.15) is 4.31 Å². The van der Waals surface area contributed by atoms with Crippen LogP contribution in [0.15, 0.2) is 24.3 Å². The molecule has 0 amide bonds. The van der Waals surface area contributed by atoms with Crippen LogP contribution in [0.4, 0.5) is 0 Å². The highest BCUT2D eigenvalue weighted by atomic mass is 32.2. The monoisotopic (exact) mass is 325 g/mol. The Labute approximate surface area is 129 Å². The minimum Gasteiger partial charge on any atom is -0.469 e. The Morgan fingerprint density at radius 1 is 1.32 bits per heavy atom. The van der Waals surface area contributed by atoms with E-state index in [0.717, 1.165) is 5.56 Å². The maximum atomic E-state index is 12.8. The van der Waals surface area contributed by atoms with Crippen LogP contribution in [0.1, 0.15) is 11.1 Å². The van der Waals surface area contributed by atoms with Crippen LogP contribution < -0.4 is 10.9 Å². The van der Waals surface area contributed by atoms with Crippen LogP contribution >= 0.6 is 0 Å². The summed E-state index contributed by atoms with van der Waals surface area (Å²) in [7, 11) is -2.38. The van der Waals surface area contributed by atoms with Gasteiger partial charge in [0.2, 0.25) is 10.0 Å². The lowest BCUT2D eigenvalue weighted by molar-refractivity contribution is -0.144. The van der Waals surface area contributed by atoms with Crippen molar-refractivity contribution in [1.82, 2.24) is 15.2 Å². The lowest BCUT2D eigenvalue weighted by Crippen LogP contribution is -2.50. The zero-order valence-corrected chi connectivity index (χ0v) is 13.1. The summed E-state index contributed by atoms with van der Waals surface area (Å²) in [5.41, 5.74) is 7.64. The van der Waals surface area contributed by atoms with Crippen molar-refractivity contribution in [2.75, 3.05) is 20.2 Å². The number of nitrogens with zero attached hydrogens (tertiary/aromatic N) is 1. The summed E-state index contributed by atoms with van der Waals surface area (Å²) in [5.74, 6) is -1.27. The van der Waals surface area contributed by atoms with Crippen molar-refractivity contribution in [3.05, 3.63) is 35.4 Å². The van der Waals surface area contributed by atoms with Crippen LogP contribution in [0.5, 0.6) is 0 Å². The van der Waals surface area contributed by atoms with Gasteiger partial charge >= 0.3 is 5.97 Å². The molecule has 2 atom stereocenters. The first-order valence-corrected chi connectivity index (χ1v) is 8.66. The minimum atomic E-state index is -3.65. The molecule has 1 saturated heterocycles. The normalized spacial score (nSPS) is 25.7. The zero-order chi connectivity index (χ0) is 15.7. The first kappa shape index (κ1) is 15.4. The molecule has 0 aromatic heterocycles. The molecule has 2 N–H and O–H groups in total. The topological polar surface area (TPSA) is 87.7 Å². The van der Waals surface area contributed by atoms with Crippen molar-refractivity contribution < 1.29 is 17.9 Å². The molecule has 0 saturated carbocycles. The maximum absolute atomic E-state index is 12.8. The van der Waals surface area contributed by atoms with Gasteiger partial charge in [-0.1, -0.05) is 24.3 Å². The summed E-state index contributed by atoms with van der Waals surface area (Å²) in [6.07, 6.45) is 0.679. The van der Waals surface area contributed by atoms with Crippen molar-refractivity contribution >= 4 is 16.0 Å². The number of rotatable bonds is 3. The van der Waals surface area contributed by atoms with Crippen LogP contribution in [-0.2, 0) is 32.5 Å². The highest BCUT2D eigenvalue weighted by molar-refractivity contribution is 7.89. The van der Waals surface area contributed by atoms with Crippen LogP contribution in [0.25, 0.3) is 0 Å². The van der Waals surface area contributed by atoms with Crippen molar-refractivity contribution in [3.63, 3.8) is 0 Å². The maximum Gasteiger partial charge on any atom is 0.312 e. The first-order chi connectivity index (χ1) is 10.5. The molecule has 1 aromatic rings. The summed E-state index contributed by atoms with van der Waals surface area (Å²) in [6.45, 7) is 0.997. The fraction of sp³-hybridized carbons (Fsp3) is 0.500. The highest BCUT2D eigenvalue weighted by Crippen LogP contribution is 2.25. The van der Waals surface area contributed by atoms with Crippen molar-refractivity contribution in [2.45, 2.75) is 18.3 Å². The van der Waals surface area contributed by atoms with Crippen LogP contribution in [0.2, 0.25) is 0 Å². The molecule has 0 aliphatic carbocycles. The number of hydrogen-bond donors (Lipinski definition) is 2. The molecule has 8 heteroatoms. The Balaban J connectivity index is 1.83. The quantitative estimate of drug-likeness (QED) is 0.735. The van der Waals surface area contributed by atoms with Gasteiger partial charge in [0.1, 0.15) is 5.92 Å². The van der Waals surface area contributed by atoms with Gasteiger partial charge in [0.05, 0.1) is 7.11 Å². The highest BCUT2D eigenvalue weighted by Gasteiger charge is 2.45. The van der Waals surface area contributed by atoms with E-state index in [9.17, 15) is 13.2 Å². The summed E-state index contributed by atoms with van der Waals surface area (Å²) in [5, 5.41) is -0.995. The molecule has 22 heavy (non-hydrogen) atoms. The fourth-order valence-corrected chi connectivity index (χ4v) is 4.81. The van der Waals surface area contributed by atoms with Gasteiger partial charge in [0.15, 0.2) is 5.37 Å². The fourth-order valence-electron chi connectivity index (χ4n) is 2.97. The smallest absolute Gasteiger partial charge is 0.312 e. The Morgan fingerprint density at radius 3 is 2.77 bits per heavy atom. The van der Waals surface area contributed by atoms with Crippen LogP contribution in [0.3, 0.4) is 0 Å². The van der Waals surface area contributed by atoms with E-state index in [2.05, 4.69) is 10.9 Å². The third kappa shape index (κ3) is 2.63. The third-order valence-corrected chi connectivity index (χ3v) is 6.33. The molecular formula is C14H19N3O4S. The minimum absolute atomic E-state index is 0.237. The number of fused-ring (bicyclic) bond motifs is 1. The largest absolute Gasteiger partial charge is 0.469 e. The van der Waals surface area contributed by atoms with Gasteiger partial charge in [-0.15, -0.1) is 0 Å². The van der Waals surface area contributed by atoms with E-state index in [1.807, 2.05) is 24.3 Å². The molecule has 2 aliphatic rings. The van der Waals surface area contributed by atoms with Gasteiger partial charge in [-0.05, 0) is 17.5 Å². The first-order valence-electron chi connectivity index (χ1n) is 7.16. The van der Waals surface area contributed by atoms with Crippen molar-refractivity contribution in [1.29, 1.82) is 0 Å². The SMILES string of the molecule is COC(=O)C1CNNC1S(=O)(=O)N1CCc2ccccc2C1. The standard InChI is InChI=1S/C14H19N3O4S/c1-21-14(18)12-8-15-16-13(12)22(19,20)17-7-6-10-4-2-3-5-11(10)9-17/h2-5,12-13,15-16H,6-9H2,1H3. The number of benzene rings is 1. The zero-order valence-electron chi connectivity index (χ0n) is 12.3. The number of ether oxygens (including phenoxy) is 1. The van der Waals surface area contributed by atoms with E-state index < -0.39 is 27.3 Å². The van der Waals surface area contributed by atoms with Crippen molar-refractivity contribution in [3.8, 4) is 0 Å². The molecule has 7 nitrogen and oxygen atoms in total. The number of sulfonamides is 1. The van der Waals surface area contributed by atoms with E-state index in [1.165, 1.54) is 17.0 Å². The van der Waals surface area contributed by atoms with E-state index in [0.29, 0.717) is 19.5 Å². The Hall–Kier alpha value is -1.48. The average molecular weight is 325 g/mol. The van der Waals surface area contributed by atoms with Crippen molar-refractivity contribution in [2.24, 2.45) is 5.92 Å². The van der Waals surface area contributed by atoms with Gasteiger partial charge in [-0.25, -0.2) is 13.8 Å². The second-order valence-corrected chi connectivity index (χ2v) is 7.53.